The molecule has 0 radical (unpaired) electrons. The fraction of sp³-hybridized carbons (Fsp3) is 0.875. The predicted octanol–water partition coefficient (Wildman–Crippen LogP) is 2.82. The monoisotopic (exact) mass is 268 g/mol. The van der Waals surface area contributed by atoms with Gasteiger partial charge in [-0.15, -0.1) is 6.58 Å². The van der Waals surface area contributed by atoms with E-state index in [2.05, 4.69) is 30.8 Å². The molecule has 1 heterocycles. The number of ether oxygens (including phenoxy) is 1. The third kappa shape index (κ3) is 7.09. The largest absolute Gasteiger partial charge is 0.374 e. The van der Waals surface area contributed by atoms with Crippen LogP contribution in [0.2, 0.25) is 0 Å². The first-order valence-electron chi connectivity index (χ1n) is 7.92. The molecule has 0 bridgehead atoms. The Kier molecular flexibility index (Phi) is 9.14. The fourth-order valence-electron chi connectivity index (χ4n) is 2.63. The van der Waals surface area contributed by atoms with Gasteiger partial charge in [0.2, 0.25) is 0 Å². The van der Waals surface area contributed by atoms with Crippen LogP contribution in [0.3, 0.4) is 0 Å². The molecule has 1 fully saturated rings. The van der Waals surface area contributed by atoms with E-state index < -0.39 is 0 Å². The number of unbranched alkanes of at least 4 members (excludes halogenated alkanes) is 3. The molecule has 0 amide bonds. The van der Waals surface area contributed by atoms with Gasteiger partial charge in [0.05, 0.1) is 12.7 Å². The summed E-state index contributed by atoms with van der Waals surface area (Å²) in [7, 11) is 2.19. The Hall–Kier alpha value is -0.380. The minimum Gasteiger partial charge on any atom is -0.374 e. The quantitative estimate of drug-likeness (QED) is 0.487. The van der Waals surface area contributed by atoms with Gasteiger partial charge in [-0.3, -0.25) is 0 Å². The van der Waals surface area contributed by atoms with Gasteiger partial charge < -0.3 is 15.0 Å². The Morgan fingerprint density at radius 2 is 2.26 bits per heavy atom. The van der Waals surface area contributed by atoms with Crippen molar-refractivity contribution < 1.29 is 4.74 Å². The van der Waals surface area contributed by atoms with Crippen LogP contribution in [-0.4, -0.2) is 50.3 Å². The third-order valence-corrected chi connectivity index (χ3v) is 3.83. The van der Waals surface area contributed by atoms with Crippen LogP contribution in [0.1, 0.15) is 45.4 Å². The standard InChI is InChI=1S/C16H32N2O/c1-4-6-7-8-9-10-15(17-11-5-2)16-14-18(3)12-13-19-16/h4,15-17H,1,5-14H2,2-3H3. The number of nitrogens with one attached hydrogen (secondary N) is 1. The summed E-state index contributed by atoms with van der Waals surface area (Å²) in [5.74, 6) is 0. The molecule has 0 aromatic heterocycles. The molecular weight excluding hydrogens is 236 g/mol. The first-order chi connectivity index (χ1) is 9.27. The van der Waals surface area contributed by atoms with E-state index in [1.54, 1.807) is 0 Å². The van der Waals surface area contributed by atoms with Crippen molar-refractivity contribution in [2.45, 2.75) is 57.6 Å². The summed E-state index contributed by atoms with van der Waals surface area (Å²) in [4.78, 5) is 2.38. The van der Waals surface area contributed by atoms with Crippen LogP contribution in [0.5, 0.6) is 0 Å². The highest BCUT2D eigenvalue weighted by atomic mass is 16.5. The van der Waals surface area contributed by atoms with E-state index in [1.165, 1.54) is 32.1 Å². The lowest BCUT2D eigenvalue weighted by Crippen LogP contribution is -2.51. The molecule has 1 N–H and O–H groups in total. The average molecular weight is 268 g/mol. The first-order valence-corrected chi connectivity index (χ1v) is 7.92. The van der Waals surface area contributed by atoms with Gasteiger partial charge in [-0.25, -0.2) is 0 Å². The molecule has 0 aromatic carbocycles. The van der Waals surface area contributed by atoms with Crippen LogP contribution in [0, 0.1) is 0 Å². The highest BCUT2D eigenvalue weighted by Gasteiger charge is 2.25. The van der Waals surface area contributed by atoms with Crippen LogP contribution in [0.15, 0.2) is 12.7 Å². The topological polar surface area (TPSA) is 24.5 Å². The smallest absolute Gasteiger partial charge is 0.0855 e. The average Bonchev–Trinajstić information content (AvgIpc) is 2.42. The normalized spacial score (nSPS) is 22.3. The molecule has 1 saturated heterocycles. The number of hydrogen-bond acceptors (Lipinski definition) is 3. The van der Waals surface area contributed by atoms with Crippen LogP contribution in [-0.2, 0) is 4.74 Å². The third-order valence-electron chi connectivity index (χ3n) is 3.83. The summed E-state index contributed by atoms with van der Waals surface area (Å²) in [5, 5.41) is 3.68. The van der Waals surface area contributed by atoms with Crippen molar-refractivity contribution in [1.29, 1.82) is 0 Å². The van der Waals surface area contributed by atoms with Gasteiger partial charge in [0.1, 0.15) is 0 Å². The fourth-order valence-corrected chi connectivity index (χ4v) is 2.63. The summed E-state index contributed by atoms with van der Waals surface area (Å²) >= 11 is 0. The lowest BCUT2D eigenvalue weighted by Gasteiger charge is -2.35. The molecule has 0 spiro atoms. The van der Waals surface area contributed by atoms with E-state index in [-0.39, 0.29) is 0 Å². The van der Waals surface area contributed by atoms with Crippen LogP contribution < -0.4 is 5.32 Å². The van der Waals surface area contributed by atoms with Gasteiger partial charge >= 0.3 is 0 Å². The van der Waals surface area contributed by atoms with Crippen molar-refractivity contribution in [3.05, 3.63) is 12.7 Å². The summed E-state index contributed by atoms with van der Waals surface area (Å²) in [6.07, 6.45) is 9.82. The lowest BCUT2D eigenvalue weighted by atomic mass is 10.0. The zero-order valence-electron chi connectivity index (χ0n) is 12.9. The van der Waals surface area contributed by atoms with Crippen molar-refractivity contribution >= 4 is 0 Å². The Morgan fingerprint density at radius 1 is 1.42 bits per heavy atom. The molecular formula is C16H32N2O. The van der Waals surface area contributed by atoms with Crippen molar-refractivity contribution in [2.24, 2.45) is 0 Å². The number of nitrogens with zero attached hydrogens (tertiary/aromatic N) is 1. The molecule has 1 rings (SSSR count). The summed E-state index contributed by atoms with van der Waals surface area (Å²) in [6, 6.07) is 0.520. The molecule has 19 heavy (non-hydrogen) atoms. The second-order valence-electron chi connectivity index (χ2n) is 5.66. The Bertz CT molecular complexity index is 233. The van der Waals surface area contributed by atoms with E-state index in [0.29, 0.717) is 12.1 Å². The van der Waals surface area contributed by atoms with Crippen LogP contribution in [0.25, 0.3) is 0 Å². The van der Waals surface area contributed by atoms with Gasteiger partial charge in [-0.05, 0) is 39.3 Å². The maximum absolute atomic E-state index is 5.97. The van der Waals surface area contributed by atoms with E-state index in [4.69, 9.17) is 4.74 Å². The van der Waals surface area contributed by atoms with E-state index >= 15 is 0 Å². The van der Waals surface area contributed by atoms with Crippen LogP contribution in [0.4, 0.5) is 0 Å². The second kappa shape index (κ2) is 10.4. The molecule has 112 valence electrons. The van der Waals surface area contributed by atoms with Gasteiger partial charge in [-0.1, -0.05) is 25.8 Å². The van der Waals surface area contributed by atoms with E-state index in [9.17, 15) is 0 Å². The Labute approximate surface area is 119 Å². The minimum absolute atomic E-state index is 0.365. The highest BCUT2D eigenvalue weighted by molar-refractivity contribution is 4.82. The van der Waals surface area contributed by atoms with E-state index in [0.717, 1.165) is 32.7 Å². The molecule has 0 saturated carbocycles. The number of likely N-dealkylation sites (N-methyl/N-ethyl adjacent to an activating group) is 1. The van der Waals surface area contributed by atoms with Crippen LogP contribution >= 0.6 is 0 Å². The minimum atomic E-state index is 0.365. The molecule has 3 nitrogen and oxygen atoms in total. The van der Waals surface area contributed by atoms with Crippen molar-refractivity contribution in [1.82, 2.24) is 10.2 Å². The molecule has 2 unspecified atom stereocenters. The highest BCUT2D eigenvalue weighted by Crippen LogP contribution is 2.14. The first kappa shape index (κ1) is 16.7. The summed E-state index contributed by atoms with van der Waals surface area (Å²) in [6.45, 7) is 10.1. The van der Waals surface area contributed by atoms with Gasteiger partial charge in [-0.2, -0.15) is 0 Å². The lowest BCUT2D eigenvalue weighted by molar-refractivity contribution is -0.0402. The molecule has 1 aliphatic heterocycles. The SMILES string of the molecule is C=CCCCCCC(NCCC)C1CN(C)CCO1. The van der Waals surface area contributed by atoms with Crippen molar-refractivity contribution in [3.63, 3.8) is 0 Å². The molecule has 0 aromatic rings. The maximum Gasteiger partial charge on any atom is 0.0855 e. The van der Waals surface area contributed by atoms with Gasteiger partial charge in [0.15, 0.2) is 0 Å². The molecule has 2 atom stereocenters. The Morgan fingerprint density at radius 3 is 2.95 bits per heavy atom. The number of hydrogen-bond donors (Lipinski definition) is 1. The number of morpholine rings is 1. The molecule has 1 aliphatic rings. The predicted molar refractivity (Wildman–Crippen MR) is 82.6 cm³/mol. The van der Waals surface area contributed by atoms with Crippen molar-refractivity contribution in [3.8, 4) is 0 Å². The Balaban J connectivity index is 2.30. The number of allylic oxidation sites excluding steroid dienone is 1. The van der Waals surface area contributed by atoms with Gasteiger partial charge in [0.25, 0.3) is 0 Å². The van der Waals surface area contributed by atoms with Crippen molar-refractivity contribution in [2.75, 3.05) is 33.3 Å². The second-order valence-corrected chi connectivity index (χ2v) is 5.66. The van der Waals surface area contributed by atoms with E-state index in [1.807, 2.05) is 6.08 Å². The zero-order chi connectivity index (χ0) is 13.9. The number of rotatable bonds is 10. The van der Waals surface area contributed by atoms with Gasteiger partial charge in [0, 0.05) is 19.1 Å². The maximum atomic E-state index is 5.97. The zero-order valence-corrected chi connectivity index (χ0v) is 12.9. The summed E-state index contributed by atoms with van der Waals surface area (Å²) in [5.41, 5.74) is 0. The molecule has 0 aliphatic carbocycles. The molecule has 3 heteroatoms. The summed E-state index contributed by atoms with van der Waals surface area (Å²) < 4.78 is 5.97.